The molecule has 1 saturated heterocycles. The summed E-state index contributed by atoms with van der Waals surface area (Å²) in [7, 11) is 1.84. The quantitative estimate of drug-likeness (QED) is 0.553. The van der Waals surface area contributed by atoms with Gasteiger partial charge in [0, 0.05) is 25.9 Å². The number of nitrogens with zero attached hydrogens (tertiary/aromatic N) is 1. The van der Waals surface area contributed by atoms with Crippen molar-refractivity contribution in [2.24, 2.45) is 5.92 Å². The molecule has 2 nitrogen and oxygen atoms in total. The normalized spacial score (nSPS) is 25.5. The standard InChI is InChI=1S/C8H13NOS/c1-6(11)7-3-4-8(10)9(2)5-7/h7H,3-5H2,1-2H3/t7-/m1/s1. The maximum Gasteiger partial charge on any atom is 0.222 e. The summed E-state index contributed by atoms with van der Waals surface area (Å²) in [4.78, 5) is 13.8. The molecule has 11 heavy (non-hydrogen) atoms. The number of hydrogen-bond acceptors (Lipinski definition) is 2. The van der Waals surface area contributed by atoms with Gasteiger partial charge in [0.25, 0.3) is 0 Å². The molecule has 0 aliphatic carbocycles. The van der Waals surface area contributed by atoms with E-state index in [0.717, 1.165) is 17.8 Å². The lowest BCUT2D eigenvalue weighted by Crippen LogP contribution is -2.38. The van der Waals surface area contributed by atoms with Gasteiger partial charge in [-0.15, -0.1) is 0 Å². The Labute approximate surface area is 72.6 Å². The Morgan fingerprint density at radius 2 is 2.36 bits per heavy atom. The Bertz CT molecular complexity index is 191. The molecule has 1 amide bonds. The van der Waals surface area contributed by atoms with Crippen LogP contribution in [-0.4, -0.2) is 29.3 Å². The third-order valence-electron chi connectivity index (χ3n) is 2.20. The van der Waals surface area contributed by atoms with Crippen molar-refractivity contribution in [3.63, 3.8) is 0 Å². The average molecular weight is 171 g/mol. The smallest absolute Gasteiger partial charge is 0.222 e. The molecular formula is C8H13NOS. The van der Waals surface area contributed by atoms with Crippen LogP contribution in [0.25, 0.3) is 0 Å². The number of rotatable bonds is 1. The fraction of sp³-hybridized carbons (Fsp3) is 0.750. The van der Waals surface area contributed by atoms with Crippen molar-refractivity contribution in [2.75, 3.05) is 13.6 Å². The summed E-state index contributed by atoms with van der Waals surface area (Å²) >= 11 is 5.07. The molecule has 0 unspecified atom stereocenters. The average Bonchev–Trinajstić information content (AvgIpc) is 1.94. The van der Waals surface area contributed by atoms with Crippen LogP contribution in [0.2, 0.25) is 0 Å². The van der Waals surface area contributed by atoms with E-state index in [0.29, 0.717) is 12.3 Å². The fourth-order valence-corrected chi connectivity index (χ4v) is 1.54. The van der Waals surface area contributed by atoms with Crippen molar-refractivity contribution < 1.29 is 4.79 Å². The number of carbonyl (C=O) groups excluding carboxylic acids is 1. The summed E-state index contributed by atoms with van der Waals surface area (Å²) in [5.41, 5.74) is 0. The zero-order valence-electron chi connectivity index (χ0n) is 6.96. The molecule has 0 radical (unpaired) electrons. The predicted octanol–water partition coefficient (Wildman–Crippen LogP) is 1.24. The molecule has 0 spiro atoms. The number of piperidine rings is 1. The van der Waals surface area contributed by atoms with Gasteiger partial charge in [-0.1, -0.05) is 12.2 Å². The highest BCUT2D eigenvalue weighted by Crippen LogP contribution is 2.17. The van der Waals surface area contributed by atoms with Gasteiger partial charge in [0.05, 0.1) is 0 Å². The van der Waals surface area contributed by atoms with Gasteiger partial charge >= 0.3 is 0 Å². The van der Waals surface area contributed by atoms with E-state index in [1.54, 1.807) is 4.90 Å². The zero-order chi connectivity index (χ0) is 8.43. The van der Waals surface area contributed by atoms with Gasteiger partial charge < -0.3 is 4.90 Å². The van der Waals surface area contributed by atoms with Gasteiger partial charge in [-0.2, -0.15) is 0 Å². The van der Waals surface area contributed by atoms with Gasteiger partial charge in [-0.05, 0) is 18.2 Å². The van der Waals surface area contributed by atoms with E-state index in [1.165, 1.54) is 0 Å². The van der Waals surface area contributed by atoms with Gasteiger partial charge in [-0.25, -0.2) is 0 Å². The van der Waals surface area contributed by atoms with Crippen LogP contribution in [0.3, 0.4) is 0 Å². The Morgan fingerprint density at radius 3 is 2.82 bits per heavy atom. The highest BCUT2D eigenvalue weighted by atomic mass is 32.1. The molecule has 0 N–H and O–H groups in total. The molecule has 1 aliphatic rings. The van der Waals surface area contributed by atoms with Crippen molar-refractivity contribution >= 4 is 23.0 Å². The van der Waals surface area contributed by atoms with E-state index in [1.807, 2.05) is 14.0 Å². The third kappa shape index (κ3) is 1.99. The molecule has 0 aromatic rings. The first kappa shape index (κ1) is 8.65. The Morgan fingerprint density at radius 1 is 1.73 bits per heavy atom. The van der Waals surface area contributed by atoms with E-state index in [9.17, 15) is 4.79 Å². The zero-order valence-corrected chi connectivity index (χ0v) is 7.78. The van der Waals surface area contributed by atoms with Crippen molar-refractivity contribution in [3.05, 3.63) is 0 Å². The molecule has 1 atom stereocenters. The maximum absolute atomic E-state index is 11.0. The molecule has 1 aliphatic heterocycles. The van der Waals surface area contributed by atoms with Crippen LogP contribution in [0.5, 0.6) is 0 Å². The maximum atomic E-state index is 11.0. The highest BCUT2D eigenvalue weighted by molar-refractivity contribution is 7.80. The second-order valence-electron chi connectivity index (χ2n) is 3.12. The van der Waals surface area contributed by atoms with Crippen LogP contribution in [0.4, 0.5) is 0 Å². The van der Waals surface area contributed by atoms with Crippen LogP contribution in [0.1, 0.15) is 19.8 Å². The van der Waals surface area contributed by atoms with Crippen LogP contribution in [0.15, 0.2) is 0 Å². The second kappa shape index (κ2) is 3.30. The molecule has 62 valence electrons. The van der Waals surface area contributed by atoms with E-state index < -0.39 is 0 Å². The molecular weight excluding hydrogens is 158 g/mol. The summed E-state index contributed by atoms with van der Waals surface area (Å²) in [5, 5.41) is 0. The molecule has 1 rings (SSSR count). The van der Waals surface area contributed by atoms with Crippen LogP contribution < -0.4 is 0 Å². The monoisotopic (exact) mass is 171 g/mol. The lowest BCUT2D eigenvalue weighted by Gasteiger charge is -2.29. The van der Waals surface area contributed by atoms with Crippen molar-refractivity contribution in [3.8, 4) is 0 Å². The topological polar surface area (TPSA) is 20.3 Å². The van der Waals surface area contributed by atoms with E-state index >= 15 is 0 Å². The summed E-state index contributed by atoms with van der Waals surface area (Å²) < 4.78 is 0. The Hall–Kier alpha value is -0.440. The lowest BCUT2D eigenvalue weighted by atomic mass is 9.95. The molecule has 0 bridgehead atoms. The predicted molar refractivity (Wildman–Crippen MR) is 48.6 cm³/mol. The van der Waals surface area contributed by atoms with Crippen LogP contribution in [-0.2, 0) is 4.79 Å². The second-order valence-corrected chi connectivity index (χ2v) is 3.76. The van der Waals surface area contributed by atoms with Crippen molar-refractivity contribution in [1.82, 2.24) is 4.90 Å². The SMILES string of the molecule is CC(=S)[C@@H]1CCC(=O)N(C)C1. The van der Waals surface area contributed by atoms with E-state index in [4.69, 9.17) is 12.2 Å². The molecule has 3 heteroatoms. The van der Waals surface area contributed by atoms with E-state index in [-0.39, 0.29) is 5.91 Å². The lowest BCUT2D eigenvalue weighted by molar-refractivity contribution is -0.132. The first-order valence-electron chi connectivity index (χ1n) is 3.85. The fourth-order valence-electron chi connectivity index (χ4n) is 1.34. The van der Waals surface area contributed by atoms with Gasteiger partial charge in [0.15, 0.2) is 0 Å². The summed E-state index contributed by atoms with van der Waals surface area (Å²) in [6.07, 6.45) is 1.60. The van der Waals surface area contributed by atoms with Crippen molar-refractivity contribution in [2.45, 2.75) is 19.8 Å². The largest absolute Gasteiger partial charge is 0.345 e. The minimum atomic E-state index is 0.248. The molecule has 1 heterocycles. The Balaban J connectivity index is 2.52. The summed E-state index contributed by atoms with van der Waals surface area (Å²) in [5.74, 6) is 0.699. The number of thiocarbonyl (C=S) groups is 1. The number of amides is 1. The minimum absolute atomic E-state index is 0.248. The van der Waals surface area contributed by atoms with Gasteiger partial charge in [-0.3, -0.25) is 4.79 Å². The summed E-state index contributed by atoms with van der Waals surface area (Å²) in [6, 6.07) is 0. The molecule has 1 fully saturated rings. The minimum Gasteiger partial charge on any atom is -0.345 e. The molecule has 0 saturated carbocycles. The third-order valence-corrected chi connectivity index (χ3v) is 2.53. The highest BCUT2D eigenvalue weighted by Gasteiger charge is 2.23. The first-order chi connectivity index (χ1) is 5.11. The molecule has 0 aromatic carbocycles. The first-order valence-corrected chi connectivity index (χ1v) is 4.26. The van der Waals surface area contributed by atoms with E-state index in [2.05, 4.69) is 0 Å². The van der Waals surface area contributed by atoms with Crippen molar-refractivity contribution in [1.29, 1.82) is 0 Å². The van der Waals surface area contributed by atoms with Gasteiger partial charge in [0.2, 0.25) is 5.91 Å². The van der Waals surface area contributed by atoms with Gasteiger partial charge in [0.1, 0.15) is 0 Å². The Kier molecular flexibility index (Phi) is 2.60. The number of likely N-dealkylation sites (tertiary alicyclic amines) is 1. The molecule has 0 aromatic heterocycles. The van der Waals surface area contributed by atoms with Crippen LogP contribution >= 0.6 is 12.2 Å². The number of carbonyl (C=O) groups is 1. The van der Waals surface area contributed by atoms with Crippen LogP contribution in [0, 0.1) is 5.92 Å². The number of hydrogen-bond donors (Lipinski definition) is 0. The summed E-state index contributed by atoms with van der Waals surface area (Å²) in [6.45, 7) is 2.78.